The number of ketones is 1. The van der Waals surface area contributed by atoms with Crippen LogP contribution < -0.4 is 4.74 Å². The Kier molecular flexibility index (Phi) is 3.40. The van der Waals surface area contributed by atoms with E-state index in [9.17, 15) is 4.79 Å². The van der Waals surface area contributed by atoms with Crippen LogP contribution in [0.4, 0.5) is 0 Å². The van der Waals surface area contributed by atoms with Gasteiger partial charge < -0.3 is 4.74 Å². The quantitative estimate of drug-likeness (QED) is 0.738. The molecule has 108 valence electrons. The molecule has 1 aliphatic heterocycles. The second kappa shape index (κ2) is 4.99. The summed E-state index contributed by atoms with van der Waals surface area (Å²) in [4.78, 5) is 12.7. The van der Waals surface area contributed by atoms with Crippen LogP contribution in [0.5, 0.6) is 5.75 Å². The zero-order valence-corrected chi connectivity index (χ0v) is 14.0. The summed E-state index contributed by atoms with van der Waals surface area (Å²) >= 11 is 3.45. The first-order chi connectivity index (χ1) is 9.84. The normalized spacial score (nSPS) is 15.4. The summed E-state index contributed by atoms with van der Waals surface area (Å²) in [5.41, 5.74) is 3.42. The van der Waals surface area contributed by atoms with Crippen molar-refractivity contribution in [1.29, 1.82) is 0 Å². The lowest BCUT2D eigenvalue weighted by atomic mass is 9.96. The molecule has 0 aliphatic carbocycles. The van der Waals surface area contributed by atoms with Gasteiger partial charge in [-0.1, -0.05) is 15.9 Å². The van der Waals surface area contributed by atoms with Crippen molar-refractivity contribution in [3.05, 3.63) is 63.1 Å². The summed E-state index contributed by atoms with van der Waals surface area (Å²) in [6, 6.07) is 11.5. The molecule has 1 aliphatic rings. The van der Waals surface area contributed by atoms with Crippen LogP contribution in [0.2, 0.25) is 0 Å². The molecule has 0 fully saturated rings. The molecule has 0 N–H and O–H groups in total. The van der Waals surface area contributed by atoms with E-state index in [0.717, 1.165) is 27.8 Å². The molecular formula is C18H17BrO2. The van der Waals surface area contributed by atoms with Gasteiger partial charge in [0.2, 0.25) is 0 Å². The molecule has 2 aromatic rings. The molecule has 0 saturated carbocycles. The number of aryl methyl sites for hydroxylation is 1. The molecule has 0 bridgehead atoms. The lowest BCUT2D eigenvalue weighted by Gasteiger charge is -2.16. The average Bonchev–Trinajstić information content (AvgIpc) is 2.69. The van der Waals surface area contributed by atoms with Gasteiger partial charge >= 0.3 is 0 Å². The van der Waals surface area contributed by atoms with Crippen LogP contribution in [0.25, 0.3) is 0 Å². The minimum absolute atomic E-state index is 0.0481. The topological polar surface area (TPSA) is 26.3 Å². The van der Waals surface area contributed by atoms with Crippen LogP contribution in [0.15, 0.2) is 40.9 Å². The standard InChI is InChI=1S/C18H17BrO2/c1-11-6-13(9-15(19)7-11)17(20)12-4-5-16-14(8-12)10-18(2,3)21-16/h4-9H,10H2,1-3H3. The summed E-state index contributed by atoms with van der Waals surface area (Å²) in [5, 5.41) is 0. The third kappa shape index (κ3) is 2.88. The van der Waals surface area contributed by atoms with Crippen molar-refractivity contribution in [2.45, 2.75) is 32.8 Å². The van der Waals surface area contributed by atoms with Gasteiger partial charge in [0.25, 0.3) is 0 Å². The van der Waals surface area contributed by atoms with E-state index >= 15 is 0 Å². The fraction of sp³-hybridized carbons (Fsp3) is 0.278. The number of benzene rings is 2. The molecule has 0 aromatic heterocycles. The minimum Gasteiger partial charge on any atom is -0.487 e. The van der Waals surface area contributed by atoms with Gasteiger partial charge in [-0.3, -0.25) is 4.79 Å². The Labute approximate surface area is 133 Å². The lowest BCUT2D eigenvalue weighted by molar-refractivity contribution is 0.103. The lowest BCUT2D eigenvalue weighted by Crippen LogP contribution is -2.24. The van der Waals surface area contributed by atoms with Crippen LogP contribution in [-0.4, -0.2) is 11.4 Å². The number of hydrogen-bond donors (Lipinski definition) is 0. The van der Waals surface area contributed by atoms with Gasteiger partial charge in [-0.25, -0.2) is 0 Å². The number of ether oxygens (including phenoxy) is 1. The van der Waals surface area contributed by atoms with Crippen LogP contribution in [-0.2, 0) is 6.42 Å². The largest absolute Gasteiger partial charge is 0.487 e. The number of carbonyl (C=O) groups is 1. The number of hydrogen-bond acceptors (Lipinski definition) is 2. The Balaban J connectivity index is 1.97. The molecule has 0 radical (unpaired) electrons. The highest BCUT2D eigenvalue weighted by Gasteiger charge is 2.30. The number of rotatable bonds is 2. The van der Waals surface area contributed by atoms with Crippen molar-refractivity contribution in [2.24, 2.45) is 0 Å². The number of fused-ring (bicyclic) bond motifs is 1. The first kappa shape index (κ1) is 14.3. The van der Waals surface area contributed by atoms with Crippen molar-refractivity contribution in [1.82, 2.24) is 0 Å². The van der Waals surface area contributed by atoms with Crippen LogP contribution in [0.1, 0.15) is 40.9 Å². The van der Waals surface area contributed by atoms with Gasteiger partial charge in [0, 0.05) is 22.0 Å². The molecule has 0 saturated heterocycles. The van der Waals surface area contributed by atoms with Gasteiger partial charge in [0.05, 0.1) is 0 Å². The Bertz CT molecular complexity index is 712. The summed E-state index contributed by atoms with van der Waals surface area (Å²) in [6.07, 6.45) is 0.834. The van der Waals surface area contributed by atoms with E-state index in [1.54, 1.807) is 0 Å². The van der Waals surface area contributed by atoms with Gasteiger partial charge in [0.1, 0.15) is 11.4 Å². The molecule has 0 amide bonds. The zero-order chi connectivity index (χ0) is 15.2. The molecule has 21 heavy (non-hydrogen) atoms. The van der Waals surface area contributed by atoms with Gasteiger partial charge in [-0.2, -0.15) is 0 Å². The van der Waals surface area contributed by atoms with Crippen molar-refractivity contribution in [3.63, 3.8) is 0 Å². The Hall–Kier alpha value is -1.61. The third-order valence-electron chi connectivity index (χ3n) is 3.63. The Morgan fingerprint density at radius 2 is 1.90 bits per heavy atom. The van der Waals surface area contributed by atoms with E-state index in [4.69, 9.17) is 4.74 Å². The summed E-state index contributed by atoms with van der Waals surface area (Å²) in [5.74, 6) is 0.939. The van der Waals surface area contributed by atoms with Crippen molar-refractivity contribution in [3.8, 4) is 5.75 Å². The maximum Gasteiger partial charge on any atom is 0.193 e. The molecule has 0 atom stereocenters. The molecular weight excluding hydrogens is 328 g/mol. The first-order valence-corrected chi connectivity index (χ1v) is 7.77. The molecule has 2 nitrogen and oxygen atoms in total. The van der Waals surface area contributed by atoms with Crippen LogP contribution >= 0.6 is 15.9 Å². The van der Waals surface area contributed by atoms with E-state index in [0.29, 0.717) is 11.1 Å². The van der Waals surface area contributed by atoms with E-state index in [-0.39, 0.29) is 11.4 Å². The van der Waals surface area contributed by atoms with E-state index in [2.05, 4.69) is 29.8 Å². The van der Waals surface area contributed by atoms with Crippen molar-refractivity contribution in [2.75, 3.05) is 0 Å². The maximum atomic E-state index is 12.7. The van der Waals surface area contributed by atoms with Crippen molar-refractivity contribution < 1.29 is 9.53 Å². The molecule has 3 heteroatoms. The molecule has 0 unspecified atom stereocenters. The average molecular weight is 345 g/mol. The Morgan fingerprint density at radius 1 is 1.14 bits per heavy atom. The number of halogens is 1. The summed E-state index contributed by atoms with van der Waals surface area (Å²) < 4.78 is 6.78. The smallest absolute Gasteiger partial charge is 0.193 e. The van der Waals surface area contributed by atoms with E-state index < -0.39 is 0 Å². The van der Waals surface area contributed by atoms with Crippen LogP contribution in [0.3, 0.4) is 0 Å². The summed E-state index contributed by atoms with van der Waals surface area (Å²) in [6.45, 7) is 6.11. The number of carbonyl (C=O) groups excluding carboxylic acids is 1. The maximum absolute atomic E-state index is 12.7. The first-order valence-electron chi connectivity index (χ1n) is 6.98. The zero-order valence-electron chi connectivity index (χ0n) is 12.4. The SMILES string of the molecule is Cc1cc(Br)cc(C(=O)c2ccc3c(c2)CC(C)(C)O3)c1. The van der Waals surface area contributed by atoms with E-state index in [1.807, 2.05) is 43.3 Å². The third-order valence-corrected chi connectivity index (χ3v) is 4.09. The monoisotopic (exact) mass is 344 g/mol. The predicted molar refractivity (Wildman–Crippen MR) is 87.2 cm³/mol. The Morgan fingerprint density at radius 3 is 2.62 bits per heavy atom. The molecule has 0 spiro atoms. The molecule has 2 aromatic carbocycles. The highest BCUT2D eigenvalue weighted by molar-refractivity contribution is 9.10. The second-order valence-corrected chi connectivity index (χ2v) is 7.12. The summed E-state index contributed by atoms with van der Waals surface area (Å²) in [7, 11) is 0. The van der Waals surface area contributed by atoms with Gasteiger partial charge in [-0.15, -0.1) is 0 Å². The molecule has 1 heterocycles. The van der Waals surface area contributed by atoms with E-state index in [1.165, 1.54) is 0 Å². The minimum atomic E-state index is -0.184. The molecule has 3 rings (SSSR count). The fourth-order valence-corrected chi connectivity index (χ4v) is 3.39. The van der Waals surface area contributed by atoms with Crippen molar-refractivity contribution >= 4 is 21.7 Å². The van der Waals surface area contributed by atoms with Gasteiger partial charge in [0.15, 0.2) is 5.78 Å². The second-order valence-electron chi connectivity index (χ2n) is 6.21. The fourth-order valence-electron chi connectivity index (χ4n) is 2.78. The predicted octanol–water partition coefficient (Wildman–Crippen LogP) is 4.70. The van der Waals surface area contributed by atoms with Gasteiger partial charge in [-0.05, 0) is 68.3 Å². The van der Waals surface area contributed by atoms with Crippen LogP contribution in [0, 0.1) is 6.92 Å². The highest BCUT2D eigenvalue weighted by Crippen LogP contribution is 2.35. The highest BCUT2D eigenvalue weighted by atomic mass is 79.9.